The lowest BCUT2D eigenvalue weighted by atomic mass is 9.99. The van der Waals surface area contributed by atoms with Gasteiger partial charge in [-0.3, -0.25) is 4.79 Å². The Hall–Kier alpha value is -3.27. The maximum atomic E-state index is 11.5. The van der Waals surface area contributed by atoms with E-state index in [1.165, 1.54) is 6.92 Å². The average molecular weight is 507 g/mol. The van der Waals surface area contributed by atoms with Crippen LogP contribution < -0.4 is 5.32 Å². The quantitative estimate of drug-likeness (QED) is 0.346. The minimum absolute atomic E-state index is 0.0254. The van der Waals surface area contributed by atoms with Crippen LogP contribution in [-0.2, 0) is 20.9 Å². The molecule has 196 valence electrons. The minimum atomic E-state index is -0.760. The maximum absolute atomic E-state index is 11.5. The first-order chi connectivity index (χ1) is 17.8. The topological polar surface area (TPSA) is 111 Å². The molecule has 3 aromatic rings. The van der Waals surface area contributed by atoms with Gasteiger partial charge in [-0.1, -0.05) is 48.5 Å². The molecule has 1 saturated heterocycles. The summed E-state index contributed by atoms with van der Waals surface area (Å²) < 4.78 is 12.7. The van der Waals surface area contributed by atoms with E-state index in [-0.39, 0.29) is 30.5 Å². The number of amides is 1. The molecule has 0 radical (unpaired) electrons. The second-order valence-electron chi connectivity index (χ2n) is 9.49. The van der Waals surface area contributed by atoms with Gasteiger partial charge in [0.05, 0.1) is 24.9 Å². The molecule has 0 saturated carbocycles. The van der Waals surface area contributed by atoms with E-state index in [4.69, 9.17) is 9.47 Å². The third-order valence-corrected chi connectivity index (χ3v) is 6.35. The van der Waals surface area contributed by atoms with Crippen LogP contribution in [0.25, 0.3) is 0 Å². The summed E-state index contributed by atoms with van der Waals surface area (Å²) in [4.78, 5) is 13.5. The van der Waals surface area contributed by atoms with E-state index >= 15 is 0 Å². The minimum Gasteiger partial charge on any atom is -0.508 e. The van der Waals surface area contributed by atoms with Crippen LogP contribution in [0.2, 0.25) is 0 Å². The normalized spacial score (nSPS) is 20.5. The number of aromatic hydroxyl groups is 1. The van der Waals surface area contributed by atoms with Crippen molar-refractivity contribution in [1.82, 2.24) is 4.90 Å². The fourth-order valence-electron chi connectivity index (χ4n) is 4.55. The zero-order valence-electron chi connectivity index (χ0n) is 21.1. The van der Waals surface area contributed by atoms with Crippen molar-refractivity contribution in [2.24, 2.45) is 0 Å². The highest BCUT2D eigenvalue weighted by atomic mass is 16.7. The summed E-state index contributed by atoms with van der Waals surface area (Å²) in [5.74, 6) is -0.0411. The number of hydrogen-bond acceptors (Lipinski definition) is 7. The molecule has 0 spiro atoms. The molecule has 37 heavy (non-hydrogen) atoms. The smallest absolute Gasteiger partial charge is 0.221 e. The van der Waals surface area contributed by atoms with Gasteiger partial charge in [-0.2, -0.15) is 0 Å². The molecule has 1 amide bonds. The van der Waals surface area contributed by atoms with Gasteiger partial charge in [0, 0.05) is 37.7 Å². The van der Waals surface area contributed by atoms with Crippen LogP contribution in [0.3, 0.4) is 0 Å². The Morgan fingerprint density at radius 1 is 1.05 bits per heavy atom. The van der Waals surface area contributed by atoms with Crippen molar-refractivity contribution in [1.29, 1.82) is 0 Å². The van der Waals surface area contributed by atoms with Crippen LogP contribution in [0.5, 0.6) is 5.75 Å². The number of aliphatic hydroxyl groups excluding tert-OH is 2. The molecule has 0 unspecified atom stereocenters. The number of likely N-dealkylation sites (N-methyl/N-ethyl adjacent to an activating group) is 1. The number of nitrogens with one attached hydrogen (secondary N) is 1. The number of nitrogens with zero attached hydrogens (tertiary/aromatic N) is 1. The van der Waals surface area contributed by atoms with Crippen LogP contribution in [0.15, 0.2) is 72.8 Å². The third-order valence-electron chi connectivity index (χ3n) is 6.35. The Balaban J connectivity index is 1.51. The zero-order valence-corrected chi connectivity index (χ0v) is 21.1. The van der Waals surface area contributed by atoms with Gasteiger partial charge in [0.25, 0.3) is 0 Å². The number of phenols is 1. The number of rotatable bonds is 9. The Kier molecular flexibility index (Phi) is 8.91. The van der Waals surface area contributed by atoms with Gasteiger partial charge in [0.2, 0.25) is 5.91 Å². The lowest BCUT2D eigenvalue weighted by Crippen LogP contribution is -2.39. The second kappa shape index (κ2) is 12.3. The van der Waals surface area contributed by atoms with Crippen molar-refractivity contribution in [3.05, 3.63) is 95.1 Å². The van der Waals surface area contributed by atoms with Gasteiger partial charge in [0.15, 0.2) is 6.29 Å². The molecule has 4 rings (SSSR count). The van der Waals surface area contributed by atoms with E-state index < -0.39 is 12.4 Å². The predicted molar refractivity (Wildman–Crippen MR) is 140 cm³/mol. The van der Waals surface area contributed by atoms with E-state index in [1.54, 1.807) is 24.3 Å². The molecule has 3 aromatic carbocycles. The molecule has 1 aliphatic rings. The number of carbonyl (C=O) groups is 1. The summed E-state index contributed by atoms with van der Waals surface area (Å²) in [5, 5.41) is 32.6. The molecule has 0 aromatic heterocycles. The zero-order chi connectivity index (χ0) is 26.4. The van der Waals surface area contributed by atoms with Crippen molar-refractivity contribution in [3.8, 4) is 5.75 Å². The van der Waals surface area contributed by atoms with Gasteiger partial charge in [0.1, 0.15) is 5.75 Å². The SMILES string of the molecule is CC(=O)Nc1cccc([C@@H]2O[C@H](CN(C)C[C@@H](O)c3cccc(O)c3)C[C@H](c3ccc(CO)cc3)O2)c1. The van der Waals surface area contributed by atoms with Gasteiger partial charge in [-0.05, 0) is 48.0 Å². The molecule has 1 heterocycles. The van der Waals surface area contributed by atoms with E-state index in [1.807, 2.05) is 60.5 Å². The van der Waals surface area contributed by atoms with E-state index in [0.717, 1.165) is 16.7 Å². The number of hydrogen-bond donors (Lipinski definition) is 4. The Labute approximate surface area is 217 Å². The summed E-state index contributed by atoms with van der Waals surface area (Å²) in [5.41, 5.74) is 3.91. The molecular formula is C29H34N2O6. The fourth-order valence-corrected chi connectivity index (χ4v) is 4.55. The monoisotopic (exact) mass is 506 g/mol. The van der Waals surface area contributed by atoms with Crippen LogP contribution >= 0.6 is 0 Å². The Bertz CT molecular complexity index is 1190. The summed E-state index contributed by atoms with van der Waals surface area (Å²) in [7, 11) is 1.92. The number of phenolic OH excluding ortho intramolecular Hbond substituents is 1. The van der Waals surface area contributed by atoms with Gasteiger partial charge < -0.3 is 35.0 Å². The van der Waals surface area contributed by atoms with Crippen LogP contribution in [0.1, 0.15) is 54.1 Å². The summed E-state index contributed by atoms with van der Waals surface area (Å²) in [6.07, 6.45) is -1.26. The van der Waals surface area contributed by atoms with Crippen LogP contribution in [0, 0.1) is 0 Å². The van der Waals surface area contributed by atoms with Crippen LogP contribution in [-0.4, -0.2) is 52.4 Å². The first-order valence-corrected chi connectivity index (χ1v) is 12.3. The van der Waals surface area contributed by atoms with Crippen LogP contribution in [0.4, 0.5) is 5.69 Å². The fraction of sp³-hybridized carbons (Fsp3) is 0.345. The summed E-state index contributed by atoms with van der Waals surface area (Å²) in [6, 6.07) is 21.7. The standard InChI is InChI=1S/C29H34N2O6/c1-19(33)30-24-7-3-6-23(13-24)29-36-26(15-28(37-29)21-11-9-20(18-32)10-12-21)16-31(2)17-27(35)22-5-4-8-25(34)14-22/h3-14,26-29,32,34-35H,15-18H2,1-2H3,(H,30,33)/t26-,27+,28+,29+/m0/s1. The van der Waals surface area contributed by atoms with E-state index in [2.05, 4.69) is 5.32 Å². The molecular weight excluding hydrogens is 472 g/mol. The molecule has 4 N–H and O–H groups in total. The molecule has 4 atom stereocenters. The molecule has 1 aliphatic heterocycles. The van der Waals surface area contributed by atoms with E-state index in [0.29, 0.717) is 30.8 Å². The highest BCUT2D eigenvalue weighted by Gasteiger charge is 2.33. The van der Waals surface area contributed by atoms with E-state index in [9.17, 15) is 20.1 Å². The molecule has 8 nitrogen and oxygen atoms in total. The summed E-state index contributed by atoms with van der Waals surface area (Å²) >= 11 is 0. The molecule has 0 aliphatic carbocycles. The molecule has 0 bridgehead atoms. The number of anilines is 1. The van der Waals surface area contributed by atoms with Gasteiger partial charge in [-0.25, -0.2) is 0 Å². The highest BCUT2D eigenvalue weighted by molar-refractivity contribution is 5.88. The lowest BCUT2D eigenvalue weighted by molar-refractivity contribution is -0.252. The second-order valence-corrected chi connectivity index (χ2v) is 9.49. The van der Waals surface area contributed by atoms with Crippen molar-refractivity contribution in [2.75, 3.05) is 25.5 Å². The van der Waals surface area contributed by atoms with Gasteiger partial charge in [-0.15, -0.1) is 0 Å². The average Bonchev–Trinajstić information content (AvgIpc) is 2.88. The maximum Gasteiger partial charge on any atom is 0.221 e. The van der Waals surface area contributed by atoms with Gasteiger partial charge >= 0.3 is 0 Å². The number of aliphatic hydroxyl groups is 2. The third kappa shape index (κ3) is 7.38. The number of benzene rings is 3. The number of carbonyl (C=O) groups excluding carboxylic acids is 1. The van der Waals surface area contributed by atoms with Crippen molar-refractivity contribution < 1.29 is 29.6 Å². The summed E-state index contributed by atoms with van der Waals surface area (Å²) in [6.45, 7) is 2.35. The van der Waals surface area contributed by atoms with Crippen molar-refractivity contribution in [3.63, 3.8) is 0 Å². The lowest BCUT2D eigenvalue weighted by Gasteiger charge is -2.38. The first kappa shape index (κ1) is 26.8. The first-order valence-electron chi connectivity index (χ1n) is 12.3. The molecule has 8 heteroatoms. The molecule has 1 fully saturated rings. The van der Waals surface area contributed by atoms with Crippen molar-refractivity contribution in [2.45, 2.75) is 44.6 Å². The Morgan fingerprint density at radius 2 is 1.81 bits per heavy atom. The number of ether oxygens (including phenoxy) is 2. The largest absolute Gasteiger partial charge is 0.508 e. The van der Waals surface area contributed by atoms with Crippen molar-refractivity contribution >= 4 is 11.6 Å². The Morgan fingerprint density at radius 3 is 2.51 bits per heavy atom. The predicted octanol–water partition coefficient (Wildman–Crippen LogP) is 4.05. The highest BCUT2D eigenvalue weighted by Crippen LogP contribution is 2.38.